The van der Waals surface area contributed by atoms with Crippen molar-refractivity contribution in [2.24, 2.45) is 5.73 Å². The Morgan fingerprint density at radius 3 is 2.30 bits per heavy atom. The number of nitrogens with one attached hydrogen (secondary N) is 1. The van der Waals surface area contributed by atoms with Crippen LogP contribution in [0.25, 0.3) is 0 Å². The minimum atomic E-state index is -0.642. The van der Waals surface area contributed by atoms with Crippen LogP contribution in [0.4, 0.5) is 17.1 Å². The van der Waals surface area contributed by atoms with E-state index in [-0.39, 0.29) is 23.5 Å². The third-order valence-corrected chi connectivity index (χ3v) is 3.52. The van der Waals surface area contributed by atoms with Gasteiger partial charge in [0.2, 0.25) is 0 Å². The summed E-state index contributed by atoms with van der Waals surface area (Å²) in [4.78, 5) is 20.4. The van der Waals surface area contributed by atoms with Gasteiger partial charge in [-0.2, -0.15) is 0 Å². The van der Waals surface area contributed by atoms with Crippen LogP contribution in [0.5, 0.6) is 0 Å². The number of nitrogens with two attached hydrogens (primary N) is 1. The standard InChI is InChI=1S/C12H16N4O4/c13-8-1-3-9(4-2-8)14-11-6-5-10(15(17)18)7-12(11)16(19)20/h5-9,14H,1-4,13H2. The fraction of sp³-hybridized carbons (Fsp3) is 0.500. The van der Waals surface area contributed by atoms with Gasteiger partial charge in [-0.25, -0.2) is 0 Å². The third-order valence-electron chi connectivity index (χ3n) is 3.52. The van der Waals surface area contributed by atoms with Crippen LogP contribution in [0.3, 0.4) is 0 Å². The van der Waals surface area contributed by atoms with E-state index in [4.69, 9.17) is 5.73 Å². The fourth-order valence-corrected chi connectivity index (χ4v) is 2.39. The quantitative estimate of drug-likeness (QED) is 0.643. The normalized spacial score (nSPS) is 22.2. The largest absolute Gasteiger partial charge is 0.377 e. The number of hydrogen-bond donors (Lipinski definition) is 2. The Labute approximate surface area is 115 Å². The van der Waals surface area contributed by atoms with E-state index in [0.29, 0.717) is 5.69 Å². The van der Waals surface area contributed by atoms with Crippen LogP contribution < -0.4 is 11.1 Å². The van der Waals surface area contributed by atoms with E-state index >= 15 is 0 Å². The van der Waals surface area contributed by atoms with Crippen molar-refractivity contribution in [3.05, 3.63) is 38.4 Å². The van der Waals surface area contributed by atoms with E-state index in [1.807, 2.05) is 0 Å². The highest BCUT2D eigenvalue weighted by molar-refractivity contribution is 5.65. The fourth-order valence-electron chi connectivity index (χ4n) is 2.39. The third kappa shape index (κ3) is 3.21. The van der Waals surface area contributed by atoms with Crippen LogP contribution in [-0.4, -0.2) is 21.9 Å². The summed E-state index contributed by atoms with van der Waals surface area (Å²) in [5.41, 5.74) is 5.58. The maximum Gasteiger partial charge on any atom is 0.299 e. The van der Waals surface area contributed by atoms with Crippen LogP contribution in [0.15, 0.2) is 18.2 Å². The molecule has 0 aliphatic heterocycles. The first-order valence-corrected chi connectivity index (χ1v) is 6.42. The molecule has 0 atom stereocenters. The molecule has 20 heavy (non-hydrogen) atoms. The van der Waals surface area contributed by atoms with Gasteiger partial charge in [0.1, 0.15) is 5.69 Å². The molecule has 0 heterocycles. The average molecular weight is 280 g/mol. The van der Waals surface area contributed by atoms with Gasteiger partial charge in [0.05, 0.1) is 15.9 Å². The van der Waals surface area contributed by atoms with Crippen molar-refractivity contribution in [2.45, 2.75) is 37.8 Å². The van der Waals surface area contributed by atoms with E-state index in [2.05, 4.69) is 5.32 Å². The van der Waals surface area contributed by atoms with Crippen LogP contribution in [-0.2, 0) is 0 Å². The second kappa shape index (κ2) is 5.83. The summed E-state index contributed by atoms with van der Waals surface area (Å²) in [7, 11) is 0. The Bertz CT molecular complexity index is 526. The van der Waals surface area contributed by atoms with Gasteiger partial charge in [-0.1, -0.05) is 0 Å². The number of nitro groups is 2. The second-order valence-corrected chi connectivity index (χ2v) is 4.97. The molecule has 0 bridgehead atoms. The van der Waals surface area contributed by atoms with Crippen molar-refractivity contribution in [2.75, 3.05) is 5.32 Å². The molecular formula is C12H16N4O4. The molecular weight excluding hydrogens is 264 g/mol. The van der Waals surface area contributed by atoms with Gasteiger partial charge in [0.25, 0.3) is 11.4 Å². The highest BCUT2D eigenvalue weighted by atomic mass is 16.6. The number of anilines is 1. The predicted octanol–water partition coefficient (Wildman–Crippen LogP) is 2.18. The molecule has 0 amide bonds. The Morgan fingerprint density at radius 1 is 1.10 bits per heavy atom. The van der Waals surface area contributed by atoms with Crippen molar-refractivity contribution in [1.82, 2.24) is 0 Å². The van der Waals surface area contributed by atoms with Gasteiger partial charge in [0.15, 0.2) is 0 Å². The van der Waals surface area contributed by atoms with Crippen molar-refractivity contribution < 1.29 is 9.85 Å². The van der Waals surface area contributed by atoms with E-state index < -0.39 is 9.85 Å². The number of nitro benzene ring substituents is 2. The smallest absolute Gasteiger partial charge is 0.299 e. The zero-order valence-corrected chi connectivity index (χ0v) is 10.8. The van der Waals surface area contributed by atoms with Crippen LogP contribution in [0.2, 0.25) is 0 Å². The summed E-state index contributed by atoms with van der Waals surface area (Å²) in [5, 5.41) is 24.8. The maximum absolute atomic E-state index is 11.0. The highest BCUT2D eigenvalue weighted by Gasteiger charge is 2.23. The minimum Gasteiger partial charge on any atom is -0.377 e. The Balaban J connectivity index is 2.18. The summed E-state index contributed by atoms with van der Waals surface area (Å²) in [6, 6.07) is 3.96. The maximum atomic E-state index is 11.0. The molecule has 8 nitrogen and oxygen atoms in total. The first-order chi connectivity index (χ1) is 9.47. The Kier molecular flexibility index (Phi) is 4.14. The van der Waals surface area contributed by atoms with Gasteiger partial charge >= 0.3 is 0 Å². The lowest BCUT2D eigenvalue weighted by Crippen LogP contribution is -2.32. The molecule has 8 heteroatoms. The number of non-ortho nitro benzene ring substituents is 1. The molecule has 1 aliphatic carbocycles. The predicted molar refractivity (Wildman–Crippen MR) is 73.6 cm³/mol. The second-order valence-electron chi connectivity index (χ2n) is 4.97. The summed E-state index contributed by atoms with van der Waals surface area (Å²) < 4.78 is 0. The van der Waals surface area contributed by atoms with Crippen molar-refractivity contribution in [1.29, 1.82) is 0 Å². The first kappa shape index (κ1) is 14.2. The minimum absolute atomic E-state index is 0.120. The van der Waals surface area contributed by atoms with E-state index in [1.165, 1.54) is 12.1 Å². The molecule has 0 radical (unpaired) electrons. The number of hydrogen-bond acceptors (Lipinski definition) is 6. The van der Waals surface area contributed by atoms with E-state index in [1.54, 1.807) is 0 Å². The molecule has 0 spiro atoms. The lowest BCUT2D eigenvalue weighted by Gasteiger charge is -2.27. The lowest BCUT2D eigenvalue weighted by molar-refractivity contribution is -0.393. The SMILES string of the molecule is NC1CCC(Nc2ccc([N+](=O)[O-])cc2[N+](=O)[O-])CC1. The highest BCUT2D eigenvalue weighted by Crippen LogP contribution is 2.31. The summed E-state index contributed by atoms with van der Waals surface area (Å²) in [6.45, 7) is 0. The molecule has 0 unspecified atom stereocenters. The van der Waals surface area contributed by atoms with Gasteiger partial charge in [-0.15, -0.1) is 0 Å². The number of nitrogens with zero attached hydrogens (tertiary/aromatic N) is 2. The summed E-state index contributed by atoms with van der Waals surface area (Å²) in [6.07, 6.45) is 3.43. The van der Waals surface area contributed by atoms with Crippen LogP contribution in [0, 0.1) is 20.2 Å². The van der Waals surface area contributed by atoms with Crippen LogP contribution >= 0.6 is 0 Å². The van der Waals surface area contributed by atoms with Gasteiger partial charge in [0, 0.05) is 18.2 Å². The molecule has 108 valence electrons. The molecule has 1 aromatic carbocycles. The van der Waals surface area contributed by atoms with E-state index in [0.717, 1.165) is 31.7 Å². The first-order valence-electron chi connectivity index (χ1n) is 6.42. The van der Waals surface area contributed by atoms with Gasteiger partial charge in [-0.3, -0.25) is 20.2 Å². The molecule has 0 saturated heterocycles. The lowest BCUT2D eigenvalue weighted by atomic mass is 9.91. The zero-order valence-electron chi connectivity index (χ0n) is 10.8. The van der Waals surface area contributed by atoms with Gasteiger partial charge < -0.3 is 11.1 Å². The van der Waals surface area contributed by atoms with Crippen LogP contribution in [0.1, 0.15) is 25.7 Å². The van der Waals surface area contributed by atoms with Crippen molar-refractivity contribution in [3.63, 3.8) is 0 Å². The molecule has 2 rings (SSSR count). The average Bonchev–Trinajstić information content (AvgIpc) is 2.41. The molecule has 1 fully saturated rings. The molecule has 1 saturated carbocycles. The monoisotopic (exact) mass is 280 g/mol. The number of benzene rings is 1. The molecule has 3 N–H and O–H groups in total. The van der Waals surface area contributed by atoms with E-state index in [9.17, 15) is 20.2 Å². The van der Waals surface area contributed by atoms with Gasteiger partial charge in [-0.05, 0) is 31.7 Å². The number of rotatable bonds is 4. The molecule has 0 aromatic heterocycles. The summed E-state index contributed by atoms with van der Waals surface area (Å²) in [5.74, 6) is 0. The van der Waals surface area contributed by atoms with Crippen molar-refractivity contribution >= 4 is 17.1 Å². The molecule has 1 aromatic rings. The zero-order chi connectivity index (χ0) is 14.7. The summed E-state index contributed by atoms with van der Waals surface area (Å²) >= 11 is 0. The molecule has 1 aliphatic rings. The van der Waals surface area contributed by atoms with Crippen molar-refractivity contribution in [3.8, 4) is 0 Å². The Hall–Kier alpha value is -2.22. The topological polar surface area (TPSA) is 124 Å². The Morgan fingerprint density at radius 2 is 1.75 bits per heavy atom.